The minimum atomic E-state index is -0.632. The second kappa shape index (κ2) is 8.84. The quantitative estimate of drug-likeness (QED) is 0.506. The number of amides is 1. The lowest BCUT2D eigenvalue weighted by Gasteiger charge is -2.15. The molecule has 140 valence electrons. The van der Waals surface area contributed by atoms with Crippen LogP contribution in [0, 0.1) is 0 Å². The molecule has 1 amide bonds. The van der Waals surface area contributed by atoms with Crippen molar-refractivity contribution in [2.75, 3.05) is 13.7 Å². The largest absolute Gasteiger partial charge is 0.451 e. The maximum Gasteiger partial charge on any atom is 0.358 e. The molecule has 0 aliphatic heterocycles. The molecule has 0 aliphatic rings. The van der Waals surface area contributed by atoms with Gasteiger partial charge in [-0.3, -0.25) is 4.79 Å². The summed E-state index contributed by atoms with van der Waals surface area (Å²) in [5, 5.41) is 2.91. The minimum Gasteiger partial charge on any atom is -0.451 e. The van der Waals surface area contributed by atoms with Crippen LogP contribution in [-0.2, 0) is 16.1 Å². The highest BCUT2D eigenvalue weighted by atomic mass is 35.5. The van der Waals surface area contributed by atoms with Crippen molar-refractivity contribution >= 4 is 57.8 Å². The van der Waals surface area contributed by atoms with Gasteiger partial charge in [0.2, 0.25) is 0 Å². The maximum atomic E-state index is 12.1. The number of ether oxygens (including phenoxy) is 1. The number of thiazole rings is 1. The summed E-state index contributed by atoms with van der Waals surface area (Å²) in [6.07, 6.45) is 0. The molecule has 3 aromatic rings. The third-order valence-electron chi connectivity index (χ3n) is 3.58. The average molecular weight is 441 g/mol. The van der Waals surface area contributed by atoms with Crippen LogP contribution in [0.4, 0.5) is 0 Å². The Morgan fingerprint density at radius 1 is 1.15 bits per heavy atom. The summed E-state index contributed by atoms with van der Waals surface area (Å²) in [4.78, 5) is 31.0. The molecule has 0 aliphatic carbocycles. The fourth-order valence-corrected chi connectivity index (χ4v) is 4.23. The summed E-state index contributed by atoms with van der Waals surface area (Å²) in [6, 6.07) is 10.8. The van der Waals surface area contributed by atoms with Crippen molar-refractivity contribution in [3.63, 3.8) is 0 Å². The highest BCUT2D eigenvalue weighted by Gasteiger charge is 2.17. The SMILES string of the molecule is CN(Cc1ccc(Cl)s1)C(=O)COC(=O)c1csc(-c2ccc(Cl)cc2)n1. The van der Waals surface area contributed by atoms with Gasteiger partial charge >= 0.3 is 5.97 Å². The number of hydrogen-bond acceptors (Lipinski definition) is 6. The standard InChI is InChI=1S/C18H14Cl2N2O3S2/c1-22(8-13-6-7-15(20)27-13)16(23)9-25-18(24)14-10-26-17(21-14)11-2-4-12(19)5-3-11/h2-7,10H,8-9H2,1H3. The van der Waals surface area contributed by atoms with Crippen LogP contribution in [0.2, 0.25) is 9.36 Å². The first-order chi connectivity index (χ1) is 12.9. The number of carbonyl (C=O) groups excluding carboxylic acids is 2. The Bertz CT molecular complexity index is 954. The van der Waals surface area contributed by atoms with Crippen LogP contribution in [0.3, 0.4) is 0 Å². The second-order valence-corrected chi connectivity index (χ2v) is 8.67. The van der Waals surface area contributed by atoms with Crippen molar-refractivity contribution in [1.29, 1.82) is 0 Å². The van der Waals surface area contributed by atoms with Gasteiger partial charge in [0, 0.05) is 27.9 Å². The molecule has 0 N–H and O–H groups in total. The fraction of sp³-hybridized carbons (Fsp3) is 0.167. The molecular weight excluding hydrogens is 427 g/mol. The van der Waals surface area contributed by atoms with E-state index in [0.717, 1.165) is 10.4 Å². The topological polar surface area (TPSA) is 59.5 Å². The fourth-order valence-electron chi connectivity index (χ4n) is 2.16. The lowest BCUT2D eigenvalue weighted by atomic mass is 10.2. The first-order valence-electron chi connectivity index (χ1n) is 7.79. The molecule has 0 unspecified atom stereocenters. The Hall–Kier alpha value is -1.93. The van der Waals surface area contributed by atoms with E-state index in [1.54, 1.807) is 30.6 Å². The van der Waals surface area contributed by atoms with E-state index in [2.05, 4.69) is 4.98 Å². The zero-order valence-corrected chi connectivity index (χ0v) is 17.3. The Morgan fingerprint density at radius 2 is 1.89 bits per heavy atom. The van der Waals surface area contributed by atoms with Crippen molar-refractivity contribution in [1.82, 2.24) is 9.88 Å². The molecule has 0 radical (unpaired) electrons. The van der Waals surface area contributed by atoms with Gasteiger partial charge in [-0.1, -0.05) is 35.3 Å². The van der Waals surface area contributed by atoms with E-state index < -0.39 is 5.97 Å². The van der Waals surface area contributed by atoms with Gasteiger partial charge in [-0.2, -0.15) is 0 Å². The molecule has 9 heteroatoms. The van der Waals surface area contributed by atoms with Gasteiger partial charge in [-0.25, -0.2) is 9.78 Å². The number of hydrogen-bond donors (Lipinski definition) is 0. The first kappa shape index (κ1) is 19.8. The summed E-state index contributed by atoms with van der Waals surface area (Å²) >= 11 is 14.5. The van der Waals surface area contributed by atoms with Gasteiger partial charge < -0.3 is 9.64 Å². The zero-order chi connectivity index (χ0) is 19.4. The van der Waals surface area contributed by atoms with E-state index in [1.165, 1.54) is 27.6 Å². The molecule has 3 rings (SSSR count). The number of nitrogens with zero attached hydrogens (tertiary/aromatic N) is 2. The lowest BCUT2D eigenvalue weighted by Crippen LogP contribution is -2.30. The van der Waals surface area contributed by atoms with Crippen LogP contribution in [0.5, 0.6) is 0 Å². The number of esters is 1. The van der Waals surface area contributed by atoms with E-state index in [0.29, 0.717) is 20.9 Å². The molecule has 5 nitrogen and oxygen atoms in total. The number of likely N-dealkylation sites (N-methyl/N-ethyl adjacent to an activating group) is 1. The monoisotopic (exact) mass is 440 g/mol. The number of aromatic nitrogens is 1. The van der Waals surface area contributed by atoms with Gasteiger partial charge in [0.15, 0.2) is 12.3 Å². The Morgan fingerprint density at radius 3 is 2.56 bits per heavy atom. The second-order valence-electron chi connectivity index (χ2n) is 5.58. The molecule has 0 atom stereocenters. The van der Waals surface area contributed by atoms with Gasteiger partial charge in [-0.15, -0.1) is 22.7 Å². The Labute approximate surface area is 174 Å². The average Bonchev–Trinajstić information content (AvgIpc) is 3.29. The Kier molecular flexibility index (Phi) is 6.49. The molecule has 1 aromatic carbocycles. The number of thiophene rings is 1. The Balaban J connectivity index is 1.54. The molecule has 0 spiro atoms. The zero-order valence-electron chi connectivity index (χ0n) is 14.1. The summed E-state index contributed by atoms with van der Waals surface area (Å²) in [7, 11) is 1.64. The van der Waals surface area contributed by atoms with Crippen molar-refractivity contribution in [3.05, 3.63) is 61.7 Å². The number of carbonyl (C=O) groups is 2. The highest BCUT2D eigenvalue weighted by molar-refractivity contribution is 7.16. The molecule has 0 saturated heterocycles. The third-order valence-corrected chi connectivity index (χ3v) is 5.94. The van der Waals surface area contributed by atoms with E-state index >= 15 is 0 Å². The van der Waals surface area contributed by atoms with Crippen LogP contribution in [0.25, 0.3) is 10.6 Å². The highest BCUT2D eigenvalue weighted by Crippen LogP contribution is 2.25. The molecule has 0 fully saturated rings. The molecule has 0 bridgehead atoms. The van der Waals surface area contributed by atoms with Crippen molar-refractivity contribution in [2.24, 2.45) is 0 Å². The van der Waals surface area contributed by atoms with E-state index in [1.807, 2.05) is 18.2 Å². The number of halogens is 2. The smallest absolute Gasteiger partial charge is 0.358 e. The number of rotatable bonds is 6. The van der Waals surface area contributed by atoms with Gasteiger partial charge in [-0.05, 0) is 24.3 Å². The summed E-state index contributed by atoms with van der Waals surface area (Å²) in [6.45, 7) is 0.0629. The normalized spacial score (nSPS) is 10.6. The van der Waals surface area contributed by atoms with Crippen molar-refractivity contribution in [2.45, 2.75) is 6.54 Å². The molecule has 2 heterocycles. The van der Waals surface area contributed by atoms with Crippen LogP contribution in [0.1, 0.15) is 15.4 Å². The predicted molar refractivity (Wildman–Crippen MR) is 109 cm³/mol. The van der Waals surface area contributed by atoms with E-state index in [-0.39, 0.29) is 18.2 Å². The lowest BCUT2D eigenvalue weighted by molar-refractivity contribution is -0.133. The van der Waals surface area contributed by atoms with E-state index in [9.17, 15) is 9.59 Å². The number of benzene rings is 1. The van der Waals surface area contributed by atoms with Gasteiger partial charge in [0.1, 0.15) is 5.01 Å². The van der Waals surface area contributed by atoms with Crippen LogP contribution >= 0.6 is 45.9 Å². The summed E-state index contributed by atoms with van der Waals surface area (Å²) in [5.41, 5.74) is 1.03. The summed E-state index contributed by atoms with van der Waals surface area (Å²) < 4.78 is 5.76. The maximum absolute atomic E-state index is 12.1. The van der Waals surface area contributed by atoms with E-state index in [4.69, 9.17) is 27.9 Å². The molecule has 27 heavy (non-hydrogen) atoms. The minimum absolute atomic E-state index is 0.172. The third kappa shape index (κ3) is 5.29. The van der Waals surface area contributed by atoms with Crippen LogP contribution in [-0.4, -0.2) is 35.4 Å². The first-order valence-corrected chi connectivity index (χ1v) is 10.2. The predicted octanol–water partition coefficient (Wildman–Crippen LogP) is 4.99. The van der Waals surface area contributed by atoms with Gasteiger partial charge in [0.05, 0.1) is 10.9 Å². The van der Waals surface area contributed by atoms with Gasteiger partial charge in [0.25, 0.3) is 5.91 Å². The molecular formula is C18H14Cl2N2O3S2. The van der Waals surface area contributed by atoms with Crippen LogP contribution < -0.4 is 0 Å². The molecule has 0 saturated carbocycles. The van der Waals surface area contributed by atoms with Crippen molar-refractivity contribution < 1.29 is 14.3 Å². The summed E-state index contributed by atoms with van der Waals surface area (Å²) in [5.74, 6) is -0.937. The van der Waals surface area contributed by atoms with Crippen molar-refractivity contribution in [3.8, 4) is 10.6 Å². The van der Waals surface area contributed by atoms with Crippen LogP contribution in [0.15, 0.2) is 41.8 Å². The molecule has 2 aromatic heterocycles.